The maximum atomic E-state index is 12.2. The van der Waals surface area contributed by atoms with Gasteiger partial charge in [-0.2, -0.15) is 0 Å². The second kappa shape index (κ2) is 5.06. The number of carbonyl (C=O) groups excluding carboxylic acids is 1. The van der Waals surface area contributed by atoms with E-state index in [1.54, 1.807) is 6.07 Å². The number of benzene rings is 2. The zero-order valence-electron chi connectivity index (χ0n) is 10.5. The number of nitrogens with one attached hydrogen (secondary N) is 1. The Morgan fingerprint density at radius 2 is 2.10 bits per heavy atom. The van der Waals surface area contributed by atoms with Crippen LogP contribution in [0.2, 0.25) is 5.02 Å². The van der Waals surface area contributed by atoms with Gasteiger partial charge in [-0.3, -0.25) is 4.79 Å². The van der Waals surface area contributed by atoms with Crippen molar-refractivity contribution in [3.05, 3.63) is 53.1 Å². The summed E-state index contributed by atoms with van der Waals surface area (Å²) in [5.74, 6) is 0.538. The van der Waals surface area contributed by atoms with Crippen LogP contribution in [0.25, 0.3) is 0 Å². The summed E-state index contributed by atoms with van der Waals surface area (Å²) in [4.78, 5) is 12.2. The van der Waals surface area contributed by atoms with Gasteiger partial charge in [0, 0.05) is 12.5 Å². The van der Waals surface area contributed by atoms with Crippen molar-refractivity contribution in [3.63, 3.8) is 0 Å². The van der Waals surface area contributed by atoms with Gasteiger partial charge in [0.25, 0.3) is 5.91 Å². The number of hydrogen-bond donors (Lipinski definition) is 2. The molecular weight excluding hydrogens is 278 g/mol. The molecule has 1 amide bonds. The molecule has 0 fully saturated rings. The quantitative estimate of drug-likeness (QED) is 0.836. The van der Waals surface area contributed by atoms with Crippen molar-refractivity contribution >= 4 is 23.2 Å². The smallest absolute Gasteiger partial charge is 0.265 e. The number of fused-ring (bicyclic) bond motifs is 1. The number of rotatable bonds is 2. The zero-order valence-corrected chi connectivity index (χ0v) is 11.2. The van der Waals surface area contributed by atoms with Crippen molar-refractivity contribution in [1.82, 2.24) is 0 Å². The van der Waals surface area contributed by atoms with Crippen molar-refractivity contribution in [3.8, 4) is 11.5 Å². The Morgan fingerprint density at radius 3 is 2.85 bits per heavy atom. The highest BCUT2D eigenvalue weighted by Gasteiger charge is 2.29. The molecule has 0 radical (unpaired) electrons. The van der Waals surface area contributed by atoms with E-state index in [0.29, 0.717) is 12.1 Å². The summed E-state index contributed by atoms with van der Waals surface area (Å²) in [6, 6.07) is 12.0. The average molecular weight is 290 g/mol. The molecule has 0 aliphatic carbocycles. The van der Waals surface area contributed by atoms with E-state index in [9.17, 15) is 9.90 Å². The second-order valence-corrected chi connectivity index (χ2v) is 4.98. The molecule has 1 unspecified atom stereocenters. The normalized spacial score (nSPS) is 16.4. The fourth-order valence-corrected chi connectivity index (χ4v) is 2.37. The fourth-order valence-electron chi connectivity index (χ4n) is 2.15. The van der Waals surface area contributed by atoms with E-state index < -0.39 is 6.10 Å². The highest BCUT2D eigenvalue weighted by molar-refractivity contribution is 6.33. The number of halogens is 1. The topological polar surface area (TPSA) is 58.6 Å². The number of para-hydroxylation sites is 1. The van der Waals surface area contributed by atoms with Gasteiger partial charge < -0.3 is 15.2 Å². The predicted molar refractivity (Wildman–Crippen MR) is 76.3 cm³/mol. The fraction of sp³-hybridized carbons (Fsp3) is 0.133. The largest absolute Gasteiger partial charge is 0.508 e. The Bertz CT molecular complexity index is 647. The lowest BCUT2D eigenvalue weighted by Crippen LogP contribution is -2.31. The third-order valence-electron chi connectivity index (χ3n) is 3.15. The lowest BCUT2D eigenvalue weighted by atomic mass is 10.1. The van der Waals surface area contributed by atoms with E-state index in [0.717, 1.165) is 11.3 Å². The molecule has 102 valence electrons. The maximum Gasteiger partial charge on any atom is 0.265 e. The Morgan fingerprint density at radius 1 is 1.30 bits per heavy atom. The van der Waals surface area contributed by atoms with Gasteiger partial charge in [0.2, 0.25) is 0 Å². The number of anilines is 1. The van der Waals surface area contributed by atoms with Crippen LogP contribution in [0.1, 0.15) is 5.56 Å². The molecule has 2 aromatic carbocycles. The van der Waals surface area contributed by atoms with Crippen molar-refractivity contribution < 1.29 is 14.6 Å². The van der Waals surface area contributed by atoms with Gasteiger partial charge in [0.1, 0.15) is 11.5 Å². The van der Waals surface area contributed by atoms with E-state index in [1.165, 1.54) is 12.1 Å². The molecule has 0 aromatic heterocycles. The molecule has 0 spiro atoms. The minimum absolute atomic E-state index is 0.0533. The first-order valence-corrected chi connectivity index (χ1v) is 6.55. The molecule has 0 bridgehead atoms. The summed E-state index contributed by atoms with van der Waals surface area (Å²) in [6.07, 6.45) is -0.0187. The first-order valence-electron chi connectivity index (χ1n) is 6.17. The van der Waals surface area contributed by atoms with E-state index in [1.807, 2.05) is 24.3 Å². The highest BCUT2D eigenvalue weighted by Crippen LogP contribution is 2.30. The van der Waals surface area contributed by atoms with Crippen LogP contribution in [0.3, 0.4) is 0 Å². The maximum absolute atomic E-state index is 12.2. The molecule has 5 heteroatoms. The molecule has 1 aliphatic rings. The lowest BCUT2D eigenvalue weighted by Gasteiger charge is -2.12. The van der Waals surface area contributed by atoms with E-state index in [2.05, 4.69) is 5.32 Å². The molecule has 2 N–H and O–H groups in total. The van der Waals surface area contributed by atoms with E-state index >= 15 is 0 Å². The summed E-state index contributed by atoms with van der Waals surface area (Å²) in [5.41, 5.74) is 1.47. The summed E-state index contributed by atoms with van der Waals surface area (Å²) in [5, 5.41) is 12.3. The van der Waals surface area contributed by atoms with Gasteiger partial charge in [-0.25, -0.2) is 0 Å². The molecule has 4 nitrogen and oxygen atoms in total. The van der Waals surface area contributed by atoms with E-state index in [4.69, 9.17) is 16.3 Å². The Labute approximate surface area is 120 Å². The van der Waals surface area contributed by atoms with Crippen LogP contribution >= 0.6 is 11.6 Å². The first kappa shape index (κ1) is 12.8. The molecular formula is C15H12ClNO3. The minimum atomic E-state index is -0.558. The van der Waals surface area contributed by atoms with Crippen molar-refractivity contribution in [2.24, 2.45) is 0 Å². The summed E-state index contributed by atoms with van der Waals surface area (Å²) >= 11 is 5.95. The third-order valence-corrected chi connectivity index (χ3v) is 3.46. The molecule has 2 aromatic rings. The SMILES string of the molecule is O=C(Nc1ccc(O)cc1Cl)C1Cc2ccccc2O1. The average Bonchev–Trinajstić information content (AvgIpc) is 2.86. The molecule has 20 heavy (non-hydrogen) atoms. The van der Waals surface area contributed by atoms with Gasteiger partial charge in [-0.1, -0.05) is 29.8 Å². The number of ether oxygens (including phenoxy) is 1. The van der Waals surface area contributed by atoms with Crippen LogP contribution in [-0.4, -0.2) is 17.1 Å². The monoisotopic (exact) mass is 289 g/mol. The summed E-state index contributed by atoms with van der Waals surface area (Å²) < 4.78 is 5.60. The number of phenols is 1. The molecule has 1 heterocycles. The Balaban J connectivity index is 1.72. The van der Waals surface area contributed by atoms with Crippen LogP contribution < -0.4 is 10.1 Å². The lowest BCUT2D eigenvalue weighted by molar-refractivity contribution is -0.122. The summed E-state index contributed by atoms with van der Waals surface area (Å²) in [7, 11) is 0. The van der Waals surface area contributed by atoms with Gasteiger partial charge in [-0.15, -0.1) is 0 Å². The van der Waals surface area contributed by atoms with Crippen molar-refractivity contribution in [2.75, 3.05) is 5.32 Å². The van der Waals surface area contributed by atoms with Crippen molar-refractivity contribution in [2.45, 2.75) is 12.5 Å². The minimum Gasteiger partial charge on any atom is -0.508 e. The van der Waals surface area contributed by atoms with Crippen LogP contribution in [-0.2, 0) is 11.2 Å². The standard InChI is InChI=1S/C15H12ClNO3/c16-11-8-10(18)5-6-12(11)17-15(19)14-7-9-3-1-2-4-13(9)20-14/h1-6,8,14,18H,7H2,(H,17,19). The molecule has 0 saturated heterocycles. The first-order chi connectivity index (χ1) is 9.63. The zero-order chi connectivity index (χ0) is 14.1. The summed E-state index contributed by atoms with van der Waals surface area (Å²) in [6.45, 7) is 0. The Hall–Kier alpha value is -2.20. The Kier molecular flexibility index (Phi) is 3.24. The number of phenolic OH excluding ortho intramolecular Hbond substituents is 1. The number of carbonyl (C=O) groups is 1. The predicted octanol–water partition coefficient (Wildman–Crippen LogP) is 2.99. The number of hydrogen-bond acceptors (Lipinski definition) is 3. The molecule has 0 saturated carbocycles. The number of aromatic hydroxyl groups is 1. The van der Waals surface area contributed by atoms with Gasteiger partial charge in [0.05, 0.1) is 10.7 Å². The van der Waals surface area contributed by atoms with Crippen LogP contribution in [0.15, 0.2) is 42.5 Å². The van der Waals surface area contributed by atoms with Crippen LogP contribution in [0.4, 0.5) is 5.69 Å². The highest BCUT2D eigenvalue weighted by atomic mass is 35.5. The molecule has 1 atom stereocenters. The number of amides is 1. The van der Waals surface area contributed by atoms with Crippen LogP contribution in [0.5, 0.6) is 11.5 Å². The van der Waals surface area contributed by atoms with Gasteiger partial charge in [0.15, 0.2) is 6.10 Å². The van der Waals surface area contributed by atoms with Crippen molar-refractivity contribution in [1.29, 1.82) is 0 Å². The van der Waals surface area contributed by atoms with Gasteiger partial charge >= 0.3 is 0 Å². The van der Waals surface area contributed by atoms with Gasteiger partial charge in [-0.05, 0) is 23.8 Å². The van der Waals surface area contributed by atoms with Crippen LogP contribution in [0, 0.1) is 0 Å². The second-order valence-electron chi connectivity index (χ2n) is 4.57. The van der Waals surface area contributed by atoms with E-state index in [-0.39, 0.29) is 16.7 Å². The molecule has 1 aliphatic heterocycles. The molecule has 3 rings (SSSR count). The third kappa shape index (κ3) is 2.42.